The molecule has 1 N–H and O–H groups in total. The van der Waals surface area contributed by atoms with Crippen LogP contribution >= 0.6 is 23.2 Å². The summed E-state index contributed by atoms with van der Waals surface area (Å²) >= 11 is 12.2. The highest BCUT2D eigenvalue weighted by molar-refractivity contribution is 6.30. The van der Waals surface area contributed by atoms with E-state index in [9.17, 15) is 5.11 Å². The minimum Gasteiger partial charge on any atom is -0.376 e. The maximum Gasteiger partial charge on any atom is 0.136 e. The number of aliphatic hydroxyl groups is 1. The highest BCUT2D eigenvalue weighted by Crippen LogP contribution is 2.60. The normalized spacial score (nSPS) is 29.1. The van der Waals surface area contributed by atoms with Crippen molar-refractivity contribution < 1.29 is 5.11 Å². The summed E-state index contributed by atoms with van der Waals surface area (Å²) in [6.07, 6.45) is 9.36. The Hall–Kier alpha value is -1.54. The summed E-state index contributed by atoms with van der Waals surface area (Å²) in [6.45, 7) is 0. The molecule has 0 aliphatic heterocycles. The largest absolute Gasteiger partial charge is 0.376 e. The molecule has 0 heterocycles. The lowest BCUT2D eigenvalue weighted by molar-refractivity contribution is 0.104. The number of halogens is 2. The smallest absolute Gasteiger partial charge is 0.136 e. The van der Waals surface area contributed by atoms with Crippen molar-refractivity contribution in [2.24, 2.45) is 23.7 Å². The highest BCUT2D eigenvalue weighted by atomic mass is 35.5. The summed E-state index contributed by atoms with van der Waals surface area (Å²) < 4.78 is 0. The van der Waals surface area contributed by atoms with Gasteiger partial charge in [0, 0.05) is 10.0 Å². The Kier molecular flexibility index (Phi) is 3.83. The predicted molar refractivity (Wildman–Crippen MR) is 106 cm³/mol. The van der Waals surface area contributed by atoms with Gasteiger partial charge in [0.1, 0.15) is 5.60 Å². The second-order valence-corrected chi connectivity index (χ2v) is 8.63. The molecule has 1 nitrogen and oxygen atoms in total. The molecule has 4 atom stereocenters. The van der Waals surface area contributed by atoms with Gasteiger partial charge in [-0.1, -0.05) is 65.7 Å². The van der Waals surface area contributed by atoms with Crippen molar-refractivity contribution in [1.29, 1.82) is 0 Å². The van der Waals surface area contributed by atoms with Crippen LogP contribution in [-0.2, 0) is 5.60 Å². The molecule has 0 aromatic heterocycles. The first kappa shape index (κ1) is 16.6. The van der Waals surface area contributed by atoms with Crippen molar-refractivity contribution in [3.05, 3.63) is 93.5 Å². The Labute approximate surface area is 164 Å². The second-order valence-electron chi connectivity index (χ2n) is 7.76. The highest BCUT2D eigenvalue weighted by Gasteiger charge is 2.53. The zero-order valence-electron chi connectivity index (χ0n) is 14.3. The van der Waals surface area contributed by atoms with E-state index in [0.29, 0.717) is 27.8 Å². The third kappa shape index (κ3) is 2.34. The van der Waals surface area contributed by atoms with Gasteiger partial charge < -0.3 is 5.11 Å². The molecule has 1 saturated carbocycles. The first-order valence-corrected chi connectivity index (χ1v) is 9.96. The zero-order valence-corrected chi connectivity index (χ0v) is 15.8. The number of hydrogen-bond donors (Lipinski definition) is 1. The third-order valence-corrected chi connectivity index (χ3v) is 7.04. The maximum atomic E-state index is 12.1. The summed E-state index contributed by atoms with van der Waals surface area (Å²) in [6, 6.07) is 15.1. The molecule has 26 heavy (non-hydrogen) atoms. The van der Waals surface area contributed by atoms with Gasteiger partial charge >= 0.3 is 0 Å². The summed E-state index contributed by atoms with van der Waals surface area (Å²) in [7, 11) is 0. The fourth-order valence-electron chi connectivity index (χ4n) is 5.36. The van der Waals surface area contributed by atoms with Crippen LogP contribution in [0.3, 0.4) is 0 Å². The van der Waals surface area contributed by atoms with Crippen LogP contribution < -0.4 is 0 Å². The van der Waals surface area contributed by atoms with E-state index in [0.717, 1.165) is 29.0 Å². The number of hydrogen-bond acceptors (Lipinski definition) is 1. The van der Waals surface area contributed by atoms with Gasteiger partial charge in [0.15, 0.2) is 0 Å². The van der Waals surface area contributed by atoms with Gasteiger partial charge in [0.2, 0.25) is 0 Å². The van der Waals surface area contributed by atoms with Crippen molar-refractivity contribution in [3.63, 3.8) is 0 Å². The van der Waals surface area contributed by atoms with Gasteiger partial charge in [0.25, 0.3) is 0 Å². The fraction of sp³-hybridized carbons (Fsp3) is 0.304. The minimum atomic E-state index is -1.14. The van der Waals surface area contributed by atoms with Crippen LogP contribution in [0.25, 0.3) is 0 Å². The molecule has 2 aromatic carbocycles. The first-order chi connectivity index (χ1) is 12.6. The van der Waals surface area contributed by atoms with Crippen LogP contribution in [0.4, 0.5) is 0 Å². The Morgan fingerprint density at radius 3 is 2.04 bits per heavy atom. The third-order valence-electron chi connectivity index (χ3n) is 6.54. The number of fused-ring (bicyclic) bond motifs is 5. The number of benzene rings is 2. The van der Waals surface area contributed by atoms with E-state index in [1.54, 1.807) is 0 Å². The molecule has 0 radical (unpaired) electrons. The summed E-state index contributed by atoms with van der Waals surface area (Å²) in [5, 5.41) is 13.4. The SMILES string of the molecule is OC(C1=CC2CC1C1C=CCC21)(c1ccc(Cl)cc1)c1ccc(Cl)cc1. The van der Waals surface area contributed by atoms with E-state index in [1.807, 2.05) is 48.5 Å². The molecule has 132 valence electrons. The Balaban J connectivity index is 1.67. The first-order valence-electron chi connectivity index (χ1n) is 9.20. The van der Waals surface area contributed by atoms with Crippen LogP contribution in [0, 0.1) is 23.7 Å². The van der Waals surface area contributed by atoms with Gasteiger partial charge in [-0.25, -0.2) is 0 Å². The molecule has 0 amide bonds. The minimum absolute atomic E-state index is 0.403. The molecule has 0 spiro atoms. The summed E-state index contributed by atoms with van der Waals surface area (Å²) in [5.74, 6) is 2.26. The van der Waals surface area contributed by atoms with Crippen LogP contribution in [0.15, 0.2) is 72.3 Å². The van der Waals surface area contributed by atoms with Crippen molar-refractivity contribution >= 4 is 23.2 Å². The molecule has 4 unspecified atom stereocenters. The van der Waals surface area contributed by atoms with E-state index < -0.39 is 5.60 Å². The van der Waals surface area contributed by atoms with Crippen LogP contribution in [0.2, 0.25) is 10.0 Å². The average Bonchev–Trinajstić information content (AvgIpc) is 3.35. The quantitative estimate of drug-likeness (QED) is 0.645. The van der Waals surface area contributed by atoms with Gasteiger partial charge in [-0.3, -0.25) is 0 Å². The monoisotopic (exact) mass is 382 g/mol. The molecule has 5 rings (SSSR count). The molecule has 1 fully saturated rings. The van der Waals surface area contributed by atoms with E-state index in [2.05, 4.69) is 18.2 Å². The summed E-state index contributed by atoms with van der Waals surface area (Å²) in [4.78, 5) is 0. The maximum absolute atomic E-state index is 12.1. The Morgan fingerprint density at radius 2 is 1.46 bits per heavy atom. The Morgan fingerprint density at radius 1 is 0.885 bits per heavy atom. The van der Waals surface area contributed by atoms with Gasteiger partial charge in [-0.05, 0) is 77.5 Å². The van der Waals surface area contributed by atoms with Crippen molar-refractivity contribution in [2.45, 2.75) is 18.4 Å². The molecular weight excluding hydrogens is 363 g/mol. The van der Waals surface area contributed by atoms with Crippen LogP contribution in [-0.4, -0.2) is 5.11 Å². The van der Waals surface area contributed by atoms with Crippen molar-refractivity contribution in [3.8, 4) is 0 Å². The van der Waals surface area contributed by atoms with Gasteiger partial charge in [-0.15, -0.1) is 0 Å². The van der Waals surface area contributed by atoms with E-state index in [-0.39, 0.29) is 0 Å². The molecule has 3 heteroatoms. The van der Waals surface area contributed by atoms with Crippen LogP contribution in [0.5, 0.6) is 0 Å². The lowest BCUT2D eigenvalue weighted by Crippen LogP contribution is -2.35. The molecule has 2 bridgehead atoms. The van der Waals surface area contributed by atoms with Crippen LogP contribution in [0.1, 0.15) is 24.0 Å². The second kappa shape index (κ2) is 5.99. The van der Waals surface area contributed by atoms with Crippen molar-refractivity contribution in [2.75, 3.05) is 0 Å². The standard InChI is InChI=1S/C23H20Cl2O/c24-17-8-4-15(5-9-17)23(26,16-6-10-18(25)11-7-16)22-13-14-12-21(22)20-3-1-2-19(14)20/h1,3-11,13-14,19-21,26H,2,12H2. The average molecular weight is 383 g/mol. The molecule has 3 aliphatic carbocycles. The predicted octanol–water partition coefficient (Wildman–Crippen LogP) is 6.00. The van der Waals surface area contributed by atoms with E-state index >= 15 is 0 Å². The van der Waals surface area contributed by atoms with Gasteiger partial charge in [0.05, 0.1) is 0 Å². The Bertz CT molecular complexity index is 849. The molecule has 2 aromatic rings. The lowest BCUT2D eigenvalue weighted by Gasteiger charge is -2.37. The van der Waals surface area contributed by atoms with E-state index in [1.165, 1.54) is 6.42 Å². The number of rotatable bonds is 3. The molecule has 0 saturated heterocycles. The summed E-state index contributed by atoms with van der Waals surface area (Å²) in [5.41, 5.74) is 1.72. The van der Waals surface area contributed by atoms with E-state index in [4.69, 9.17) is 23.2 Å². The number of allylic oxidation sites excluding steroid dienone is 3. The fourth-order valence-corrected chi connectivity index (χ4v) is 5.61. The lowest BCUT2D eigenvalue weighted by atomic mass is 9.70. The molecule has 3 aliphatic rings. The molecular formula is C23H20Cl2O. The zero-order chi connectivity index (χ0) is 17.9. The van der Waals surface area contributed by atoms with Crippen molar-refractivity contribution in [1.82, 2.24) is 0 Å². The van der Waals surface area contributed by atoms with Gasteiger partial charge in [-0.2, -0.15) is 0 Å². The topological polar surface area (TPSA) is 20.2 Å².